The molecule has 0 aliphatic rings. The smallest absolute Gasteiger partial charge is 0.144 e. The number of pyridine rings is 1. The number of aryl methyl sites for hydroxylation is 1. The molecule has 0 aliphatic heterocycles. The van der Waals surface area contributed by atoms with Crippen molar-refractivity contribution in [3.05, 3.63) is 23.4 Å². The fourth-order valence-corrected chi connectivity index (χ4v) is 1.46. The van der Waals surface area contributed by atoms with Crippen LogP contribution in [-0.4, -0.2) is 24.2 Å². The molecular formula is C12H17N3O. The van der Waals surface area contributed by atoms with E-state index in [1.165, 1.54) is 0 Å². The second-order valence-corrected chi connectivity index (χ2v) is 4.40. The topological polar surface area (TPSA) is 57.9 Å². The summed E-state index contributed by atoms with van der Waals surface area (Å²) in [6.45, 7) is 6.45. The van der Waals surface area contributed by atoms with Gasteiger partial charge in [-0.3, -0.25) is 0 Å². The van der Waals surface area contributed by atoms with Gasteiger partial charge in [0.1, 0.15) is 11.9 Å². The van der Waals surface area contributed by atoms with Gasteiger partial charge in [0.05, 0.1) is 17.7 Å². The number of hydrogen-bond acceptors (Lipinski definition) is 4. The summed E-state index contributed by atoms with van der Waals surface area (Å²) in [5, 5.41) is 12.2. The van der Waals surface area contributed by atoms with Gasteiger partial charge in [-0.2, -0.15) is 5.26 Å². The predicted octanol–water partition coefficient (Wildman–Crippen LogP) is 2.10. The minimum atomic E-state index is -0.249. The van der Waals surface area contributed by atoms with Gasteiger partial charge in [0.15, 0.2) is 0 Å². The van der Waals surface area contributed by atoms with Crippen molar-refractivity contribution in [2.45, 2.75) is 26.3 Å². The number of aromatic nitrogens is 1. The number of ether oxygens (including phenoxy) is 1. The van der Waals surface area contributed by atoms with E-state index in [1.54, 1.807) is 13.2 Å². The molecule has 0 amide bonds. The quantitative estimate of drug-likeness (QED) is 0.842. The molecule has 0 aliphatic carbocycles. The van der Waals surface area contributed by atoms with Gasteiger partial charge >= 0.3 is 0 Å². The van der Waals surface area contributed by atoms with Crippen LogP contribution >= 0.6 is 0 Å². The minimum absolute atomic E-state index is 0.249. The molecule has 0 saturated heterocycles. The number of nitriles is 1. The molecule has 0 radical (unpaired) electrons. The predicted molar refractivity (Wildman–Crippen MR) is 63.3 cm³/mol. The van der Waals surface area contributed by atoms with E-state index in [-0.39, 0.29) is 5.54 Å². The first-order chi connectivity index (χ1) is 7.48. The molecule has 1 aromatic heterocycles. The van der Waals surface area contributed by atoms with Crippen molar-refractivity contribution in [3.8, 4) is 6.07 Å². The number of nitrogens with zero attached hydrogens (tertiary/aromatic N) is 2. The highest BCUT2D eigenvalue weighted by Crippen LogP contribution is 2.17. The second-order valence-electron chi connectivity index (χ2n) is 4.40. The highest BCUT2D eigenvalue weighted by atomic mass is 16.5. The van der Waals surface area contributed by atoms with Crippen LogP contribution in [0, 0.1) is 18.3 Å². The maximum Gasteiger partial charge on any atom is 0.144 e. The Morgan fingerprint density at radius 3 is 2.75 bits per heavy atom. The van der Waals surface area contributed by atoms with Crippen LogP contribution in [0.4, 0.5) is 5.82 Å². The Morgan fingerprint density at radius 2 is 2.19 bits per heavy atom. The Labute approximate surface area is 96.3 Å². The van der Waals surface area contributed by atoms with Gasteiger partial charge < -0.3 is 10.1 Å². The maximum absolute atomic E-state index is 8.97. The lowest BCUT2D eigenvalue weighted by Gasteiger charge is -2.26. The molecule has 0 fully saturated rings. The molecule has 86 valence electrons. The number of methoxy groups -OCH3 is 1. The van der Waals surface area contributed by atoms with Gasteiger partial charge in [0.2, 0.25) is 0 Å². The summed E-state index contributed by atoms with van der Waals surface area (Å²) in [5.74, 6) is 0.615. The van der Waals surface area contributed by atoms with Crippen molar-refractivity contribution in [1.82, 2.24) is 4.98 Å². The van der Waals surface area contributed by atoms with E-state index in [9.17, 15) is 0 Å². The zero-order chi connectivity index (χ0) is 12.2. The summed E-state index contributed by atoms with van der Waals surface area (Å²) in [6, 6.07) is 5.72. The number of rotatable bonds is 4. The zero-order valence-corrected chi connectivity index (χ0v) is 10.2. The monoisotopic (exact) mass is 219 g/mol. The normalized spacial score (nSPS) is 10.9. The molecule has 0 spiro atoms. The molecule has 1 N–H and O–H groups in total. The average Bonchev–Trinajstić information content (AvgIpc) is 2.17. The molecule has 0 saturated carbocycles. The van der Waals surface area contributed by atoms with Gasteiger partial charge in [0.25, 0.3) is 0 Å². The highest BCUT2D eigenvalue weighted by Gasteiger charge is 2.19. The molecular weight excluding hydrogens is 202 g/mol. The van der Waals surface area contributed by atoms with Crippen LogP contribution in [0.1, 0.15) is 25.1 Å². The van der Waals surface area contributed by atoms with Crippen LogP contribution in [0.5, 0.6) is 0 Å². The largest absolute Gasteiger partial charge is 0.382 e. The molecule has 1 heterocycles. The Morgan fingerprint density at radius 1 is 1.50 bits per heavy atom. The van der Waals surface area contributed by atoms with Gasteiger partial charge in [-0.15, -0.1) is 0 Å². The van der Waals surface area contributed by atoms with Gasteiger partial charge in [0, 0.05) is 12.8 Å². The van der Waals surface area contributed by atoms with Crippen LogP contribution in [0.2, 0.25) is 0 Å². The highest BCUT2D eigenvalue weighted by molar-refractivity contribution is 5.53. The minimum Gasteiger partial charge on any atom is -0.382 e. The van der Waals surface area contributed by atoms with E-state index >= 15 is 0 Å². The van der Waals surface area contributed by atoms with Crippen LogP contribution in [0.15, 0.2) is 12.1 Å². The first kappa shape index (κ1) is 12.5. The molecule has 0 unspecified atom stereocenters. The molecule has 1 rings (SSSR count). The summed E-state index contributed by atoms with van der Waals surface area (Å²) >= 11 is 0. The average molecular weight is 219 g/mol. The van der Waals surface area contributed by atoms with Gasteiger partial charge in [-0.05, 0) is 32.9 Å². The maximum atomic E-state index is 8.97. The van der Waals surface area contributed by atoms with Crippen molar-refractivity contribution in [1.29, 1.82) is 5.26 Å². The van der Waals surface area contributed by atoms with Crippen molar-refractivity contribution < 1.29 is 4.74 Å². The molecule has 16 heavy (non-hydrogen) atoms. The van der Waals surface area contributed by atoms with E-state index in [0.717, 1.165) is 5.69 Å². The van der Waals surface area contributed by atoms with E-state index in [2.05, 4.69) is 16.4 Å². The Bertz CT molecular complexity index is 407. The fourth-order valence-electron chi connectivity index (χ4n) is 1.46. The standard InChI is InChI=1S/C12H17N3O/c1-9-5-6-10(7-13)11(14-9)15-12(2,3)8-16-4/h5-6H,8H2,1-4H3,(H,14,15). The third kappa shape index (κ3) is 3.21. The lowest BCUT2D eigenvalue weighted by molar-refractivity contribution is 0.158. The summed E-state index contributed by atoms with van der Waals surface area (Å²) in [5.41, 5.74) is 1.19. The Kier molecular flexibility index (Phi) is 3.86. The van der Waals surface area contributed by atoms with E-state index < -0.39 is 0 Å². The van der Waals surface area contributed by atoms with E-state index in [0.29, 0.717) is 18.0 Å². The zero-order valence-electron chi connectivity index (χ0n) is 10.2. The number of nitrogens with one attached hydrogen (secondary N) is 1. The van der Waals surface area contributed by atoms with Crippen LogP contribution in [0.25, 0.3) is 0 Å². The van der Waals surface area contributed by atoms with Crippen molar-refractivity contribution in [2.75, 3.05) is 19.0 Å². The molecule has 0 aromatic carbocycles. The second kappa shape index (κ2) is 4.95. The summed E-state index contributed by atoms with van der Waals surface area (Å²) in [4.78, 5) is 4.32. The van der Waals surface area contributed by atoms with Crippen LogP contribution in [-0.2, 0) is 4.74 Å². The lowest BCUT2D eigenvalue weighted by Crippen LogP contribution is -2.36. The first-order valence-corrected chi connectivity index (χ1v) is 5.13. The third-order valence-electron chi connectivity index (χ3n) is 2.12. The van der Waals surface area contributed by atoms with Gasteiger partial charge in [-0.1, -0.05) is 0 Å². The molecule has 4 nitrogen and oxygen atoms in total. The van der Waals surface area contributed by atoms with Crippen molar-refractivity contribution in [3.63, 3.8) is 0 Å². The van der Waals surface area contributed by atoms with E-state index in [1.807, 2.05) is 26.8 Å². The Hall–Kier alpha value is -1.60. The van der Waals surface area contributed by atoms with Crippen LogP contribution < -0.4 is 5.32 Å². The molecule has 1 aromatic rings. The van der Waals surface area contributed by atoms with Crippen molar-refractivity contribution >= 4 is 5.82 Å². The summed E-state index contributed by atoms with van der Waals surface area (Å²) in [6.07, 6.45) is 0. The number of anilines is 1. The number of hydrogen-bond donors (Lipinski definition) is 1. The van der Waals surface area contributed by atoms with Gasteiger partial charge in [-0.25, -0.2) is 4.98 Å². The lowest BCUT2D eigenvalue weighted by atomic mass is 10.1. The first-order valence-electron chi connectivity index (χ1n) is 5.13. The van der Waals surface area contributed by atoms with E-state index in [4.69, 9.17) is 10.00 Å². The molecule has 0 bridgehead atoms. The summed E-state index contributed by atoms with van der Waals surface area (Å²) < 4.78 is 5.11. The third-order valence-corrected chi connectivity index (χ3v) is 2.12. The summed E-state index contributed by atoms with van der Waals surface area (Å²) in [7, 11) is 1.65. The molecule has 0 atom stereocenters. The van der Waals surface area contributed by atoms with Crippen molar-refractivity contribution in [2.24, 2.45) is 0 Å². The fraction of sp³-hybridized carbons (Fsp3) is 0.500. The van der Waals surface area contributed by atoms with Crippen LogP contribution in [0.3, 0.4) is 0 Å². The molecule has 4 heteroatoms. The Balaban J connectivity index is 2.96. The SMILES string of the molecule is COCC(C)(C)Nc1nc(C)ccc1C#N.